The first kappa shape index (κ1) is 16.0. The van der Waals surface area contributed by atoms with Crippen molar-refractivity contribution in [3.05, 3.63) is 28.7 Å². The second kappa shape index (κ2) is 6.62. The minimum atomic E-state index is -3.06. The van der Waals surface area contributed by atoms with Crippen LogP contribution < -0.4 is 10.9 Å². The van der Waals surface area contributed by atoms with Gasteiger partial charge >= 0.3 is 0 Å². The average molecular weight is 314 g/mol. The Kier molecular flexibility index (Phi) is 5.05. The molecule has 0 spiro atoms. The lowest BCUT2D eigenvalue weighted by atomic mass is 10.2. The van der Waals surface area contributed by atoms with Crippen molar-refractivity contribution in [2.45, 2.75) is 37.1 Å². The highest BCUT2D eigenvalue weighted by Crippen LogP contribution is 2.27. The molecule has 0 aromatic carbocycles. The third-order valence-corrected chi connectivity index (χ3v) is 5.54. The molecule has 21 heavy (non-hydrogen) atoms. The van der Waals surface area contributed by atoms with Gasteiger partial charge in [0.25, 0.3) is 5.56 Å². The maximum absolute atomic E-state index is 11.8. The Morgan fingerprint density at radius 2 is 2.14 bits per heavy atom. The van der Waals surface area contributed by atoms with Gasteiger partial charge in [-0.05, 0) is 25.3 Å². The molecule has 0 aliphatic heterocycles. The van der Waals surface area contributed by atoms with Crippen molar-refractivity contribution in [3.8, 4) is 0 Å². The first-order valence-electron chi connectivity index (χ1n) is 7.06. The quantitative estimate of drug-likeness (QED) is 0.843. The van der Waals surface area contributed by atoms with Gasteiger partial charge in [0.2, 0.25) is 0 Å². The van der Waals surface area contributed by atoms with Gasteiger partial charge < -0.3 is 14.6 Å². The topological polar surface area (TPSA) is 77.4 Å². The summed E-state index contributed by atoms with van der Waals surface area (Å²) in [4.78, 5) is 11.7. The van der Waals surface area contributed by atoms with Crippen LogP contribution in [0.2, 0.25) is 0 Å². The molecule has 1 saturated carbocycles. The molecule has 0 radical (unpaired) electrons. The summed E-state index contributed by atoms with van der Waals surface area (Å²) in [6.45, 7) is 0.934. The van der Waals surface area contributed by atoms with E-state index in [-0.39, 0.29) is 16.9 Å². The minimum absolute atomic E-state index is 0.0895. The maximum Gasteiger partial charge on any atom is 0.250 e. The van der Waals surface area contributed by atoms with Crippen LogP contribution >= 0.6 is 0 Å². The molecule has 7 heteroatoms. The molecule has 1 aromatic rings. The zero-order valence-corrected chi connectivity index (χ0v) is 13.2. The third kappa shape index (κ3) is 4.07. The summed E-state index contributed by atoms with van der Waals surface area (Å²) >= 11 is 0. The van der Waals surface area contributed by atoms with Gasteiger partial charge in [0.15, 0.2) is 9.84 Å². The normalized spacial score (nSPS) is 22.4. The number of nitrogens with one attached hydrogen (secondary N) is 1. The van der Waals surface area contributed by atoms with E-state index in [0.29, 0.717) is 19.6 Å². The summed E-state index contributed by atoms with van der Waals surface area (Å²) in [7, 11) is -1.47. The molecule has 118 valence electrons. The second-order valence-electron chi connectivity index (χ2n) is 5.49. The van der Waals surface area contributed by atoms with Crippen LogP contribution in [0.15, 0.2) is 23.1 Å². The van der Waals surface area contributed by atoms with Crippen LogP contribution in [0.5, 0.6) is 0 Å². The number of hydrogen-bond acceptors (Lipinski definition) is 5. The van der Waals surface area contributed by atoms with Gasteiger partial charge in [-0.25, -0.2) is 8.42 Å². The summed E-state index contributed by atoms with van der Waals surface area (Å²) in [5.41, 5.74) is 0.676. The number of nitrogens with zero attached hydrogens (tertiary/aromatic N) is 1. The fourth-order valence-corrected chi connectivity index (χ4v) is 4.19. The van der Waals surface area contributed by atoms with Crippen LogP contribution in [0.25, 0.3) is 0 Å². The summed E-state index contributed by atoms with van der Waals surface area (Å²) < 4.78 is 30.1. The Hall–Kier alpha value is -1.34. The molecule has 0 bridgehead atoms. The molecule has 2 atom stereocenters. The van der Waals surface area contributed by atoms with Crippen LogP contribution in [0.3, 0.4) is 0 Å². The first-order valence-corrected chi connectivity index (χ1v) is 9.02. The molecule has 1 aliphatic rings. The molecule has 0 amide bonds. The standard InChI is InChI=1S/C14H22N2O4S/c1-20-9-8-16-10-11(6-7-14(16)17)15-12-4-3-5-13(12)21(2,18)19/h6-7,10,12-13,15H,3-5,8-9H2,1-2H3. The molecule has 1 heterocycles. The van der Waals surface area contributed by atoms with E-state index in [1.807, 2.05) is 0 Å². The number of hydrogen-bond donors (Lipinski definition) is 1. The summed E-state index contributed by atoms with van der Waals surface area (Å²) in [5.74, 6) is 0. The molecule has 1 N–H and O–H groups in total. The largest absolute Gasteiger partial charge is 0.383 e. The van der Waals surface area contributed by atoms with E-state index in [1.54, 1.807) is 23.9 Å². The van der Waals surface area contributed by atoms with Gasteiger partial charge in [0.1, 0.15) is 0 Å². The van der Waals surface area contributed by atoms with Crippen LogP contribution in [0, 0.1) is 0 Å². The first-order chi connectivity index (χ1) is 9.91. The molecule has 0 saturated heterocycles. The van der Waals surface area contributed by atoms with E-state index in [9.17, 15) is 13.2 Å². The van der Waals surface area contributed by atoms with Crippen molar-refractivity contribution in [1.29, 1.82) is 0 Å². The van der Waals surface area contributed by atoms with E-state index >= 15 is 0 Å². The van der Waals surface area contributed by atoms with Crippen molar-refractivity contribution >= 4 is 15.5 Å². The highest BCUT2D eigenvalue weighted by Gasteiger charge is 2.34. The molecule has 1 aromatic heterocycles. The number of aromatic nitrogens is 1. The zero-order chi connectivity index (χ0) is 15.5. The number of methoxy groups -OCH3 is 1. The summed E-state index contributed by atoms with van der Waals surface area (Å²) in [6.07, 6.45) is 5.43. The summed E-state index contributed by atoms with van der Waals surface area (Å²) in [6, 6.07) is 3.10. The molecule has 1 fully saturated rings. The highest BCUT2D eigenvalue weighted by atomic mass is 32.2. The molecule has 2 unspecified atom stereocenters. The van der Waals surface area contributed by atoms with Crippen molar-refractivity contribution in [3.63, 3.8) is 0 Å². The van der Waals surface area contributed by atoms with Crippen molar-refractivity contribution in [1.82, 2.24) is 4.57 Å². The molecular formula is C14H22N2O4S. The lowest BCUT2D eigenvalue weighted by Crippen LogP contribution is -2.34. The molecular weight excluding hydrogens is 292 g/mol. The van der Waals surface area contributed by atoms with E-state index in [4.69, 9.17) is 4.74 Å². The van der Waals surface area contributed by atoms with Gasteiger partial charge in [0, 0.05) is 38.2 Å². The lowest BCUT2D eigenvalue weighted by Gasteiger charge is -2.21. The van der Waals surface area contributed by atoms with Gasteiger partial charge in [-0.1, -0.05) is 0 Å². The number of sulfone groups is 1. The van der Waals surface area contributed by atoms with Crippen molar-refractivity contribution < 1.29 is 13.2 Å². The van der Waals surface area contributed by atoms with E-state index in [2.05, 4.69) is 5.32 Å². The Bertz CT molecular complexity index is 639. The number of pyridine rings is 1. The predicted octanol–water partition coefficient (Wildman–Crippen LogP) is 0.872. The number of rotatable bonds is 6. The smallest absolute Gasteiger partial charge is 0.250 e. The zero-order valence-electron chi connectivity index (χ0n) is 12.4. The molecule has 2 rings (SSSR count). The van der Waals surface area contributed by atoms with Crippen LogP contribution in [-0.2, 0) is 21.1 Å². The monoisotopic (exact) mass is 314 g/mol. The van der Waals surface area contributed by atoms with E-state index in [0.717, 1.165) is 18.5 Å². The van der Waals surface area contributed by atoms with Crippen LogP contribution in [-0.4, -0.2) is 44.2 Å². The Morgan fingerprint density at radius 3 is 2.81 bits per heavy atom. The van der Waals surface area contributed by atoms with E-state index in [1.165, 1.54) is 12.3 Å². The fraction of sp³-hybridized carbons (Fsp3) is 0.643. The van der Waals surface area contributed by atoms with Gasteiger partial charge in [-0.3, -0.25) is 4.79 Å². The van der Waals surface area contributed by atoms with Crippen molar-refractivity contribution in [2.24, 2.45) is 0 Å². The van der Waals surface area contributed by atoms with Crippen LogP contribution in [0.1, 0.15) is 19.3 Å². The van der Waals surface area contributed by atoms with Gasteiger partial charge in [0.05, 0.1) is 17.5 Å². The number of anilines is 1. The fourth-order valence-electron chi connectivity index (χ4n) is 2.80. The molecule has 1 aliphatic carbocycles. The molecule has 6 nitrogen and oxygen atoms in total. The van der Waals surface area contributed by atoms with E-state index < -0.39 is 9.84 Å². The summed E-state index contributed by atoms with van der Waals surface area (Å²) in [5, 5.41) is 2.91. The average Bonchev–Trinajstić information content (AvgIpc) is 2.87. The lowest BCUT2D eigenvalue weighted by molar-refractivity contribution is 0.186. The van der Waals surface area contributed by atoms with Crippen LogP contribution in [0.4, 0.5) is 5.69 Å². The van der Waals surface area contributed by atoms with Gasteiger partial charge in [-0.2, -0.15) is 0 Å². The number of ether oxygens (including phenoxy) is 1. The SMILES string of the molecule is COCCn1cc(NC2CCCC2S(C)(=O)=O)ccc1=O. The third-order valence-electron chi connectivity index (χ3n) is 3.87. The Morgan fingerprint density at radius 1 is 1.38 bits per heavy atom. The maximum atomic E-state index is 11.8. The van der Waals surface area contributed by atoms with Crippen molar-refractivity contribution in [2.75, 3.05) is 25.3 Å². The van der Waals surface area contributed by atoms with Gasteiger partial charge in [-0.15, -0.1) is 0 Å². The highest BCUT2D eigenvalue weighted by molar-refractivity contribution is 7.91. The predicted molar refractivity (Wildman–Crippen MR) is 82.5 cm³/mol. The Balaban J connectivity index is 2.14. The Labute approximate surface area is 125 Å². The minimum Gasteiger partial charge on any atom is -0.383 e. The second-order valence-corrected chi connectivity index (χ2v) is 7.76.